The summed E-state index contributed by atoms with van der Waals surface area (Å²) >= 11 is 0. The molecule has 0 bridgehead atoms. The summed E-state index contributed by atoms with van der Waals surface area (Å²) in [5.41, 5.74) is 0.957. The number of hydrogen-bond acceptors (Lipinski definition) is 4. The first kappa shape index (κ1) is 20.0. The van der Waals surface area contributed by atoms with Gasteiger partial charge in [-0.2, -0.15) is 0 Å². The van der Waals surface area contributed by atoms with Crippen LogP contribution in [-0.2, 0) is 16.0 Å². The van der Waals surface area contributed by atoms with Crippen LogP contribution in [0, 0.1) is 25.1 Å². The molecule has 148 valence electrons. The van der Waals surface area contributed by atoms with Crippen LogP contribution in [0.5, 0.6) is 5.75 Å². The average Bonchev–Trinajstić information content (AvgIpc) is 2.96. The van der Waals surface area contributed by atoms with E-state index < -0.39 is 23.4 Å². The van der Waals surface area contributed by atoms with E-state index in [1.54, 1.807) is 18.2 Å². The molecule has 0 unspecified atom stereocenters. The topological polar surface area (TPSA) is 63.0 Å². The number of halogens is 2. The molecule has 0 aromatic heterocycles. The fraction of sp³-hybridized carbons (Fsp3) is 0.190. The molecule has 29 heavy (non-hydrogen) atoms. The molecule has 0 aliphatic carbocycles. The minimum Gasteiger partial charge on any atom is -0.508 e. The largest absolute Gasteiger partial charge is 0.508 e. The summed E-state index contributed by atoms with van der Waals surface area (Å²) in [4.78, 5) is 29.1. The molecule has 0 atom stereocenters. The zero-order valence-electron chi connectivity index (χ0n) is 15.8. The van der Waals surface area contributed by atoms with Crippen LogP contribution in [0.2, 0.25) is 0 Å². The quantitative estimate of drug-likeness (QED) is 0.596. The van der Waals surface area contributed by atoms with Crippen molar-refractivity contribution in [2.24, 2.45) is 0 Å². The molecule has 2 aromatic carbocycles. The van der Waals surface area contributed by atoms with Crippen molar-refractivity contribution in [3.63, 3.8) is 0 Å². The summed E-state index contributed by atoms with van der Waals surface area (Å²) in [5.74, 6) is -2.17. The Morgan fingerprint density at radius 1 is 1.17 bits per heavy atom. The number of nitrogens with zero attached hydrogens (tertiary/aromatic N) is 2. The van der Waals surface area contributed by atoms with E-state index >= 15 is 0 Å². The van der Waals surface area contributed by atoms with E-state index in [-0.39, 0.29) is 23.5 Å². The zero-order chi connectivity index (χ0) is 21.1. The molecular formula is C21H17F2N3O3. The lowest BCUT2D eigenvalue weighted by molar-refractivity contribution is -0.137. The maximum atomic E-state index is 13.7. The molecule has 0 spiro atoms. The highest BCUT2D eigenvalue weighted by Crippen LogP contribution is 2.29. The first-order valence-corrected chi connectivity index (χ1v) is 8.68. The second-order valence-electron chi connectivity index (χ2n) is 6.41. The fourth-order valence-electron chi connectivity index (χ4n) is 2.90. The summed E-state index contributed by atoms with van der Waals surface area (Å²) in [6.07, 6.45) is 1.44. The number of benzene rings is 2. The van der Waals surface area contributed by atoms with E-state index in [9.17, 15) is 18.4 Å². The van der Waals surface area contributed by atoms with Crippen LogP contribution in [0.15, 0.2) is 42.1 Å². The molecule has 1 N–H and O–H groups in total. The molecule has 2 aromatic rings. The average molecular weight is 397 g/mol. The number of hydrogen-bond donors (Lipinski definition) is 1. The monoisotopic (exact) mass is 397 g/mol. The van der Waals surface area contributed by atoms with Gasteiger partial charge in [0, 0.05) is 23.9 Å². The first-order valence-electron chi connectivity index (χ1n) is 8.68. The van der Waals surface area contributed by atoms with Gasteiger partial charge in [-0.3, -0.25) is 14.5 Å². The number of methoxy groups -OCH3 is 1. The molecule has 1 aliphatic rings. The number of anilines is 1. The number of nitrogens with one attached hydrogen (secondary N) is 1. The predicted octanol–water partition coefficient (Wildman–Crippen LogP) is 3.74. The van der Waals surface area contributed by atoms with Crippen LogP contribution in [0.3, 0.4) is 0 Å². The van der Waals surface area contributed by atoms with Crippen molar-refractivity contribution in [2.75, 3.05) is 19.0 Å². The molecule has 2 amide bonds. The highest BCUT2D eigenvalue weighted by Gasteiger charge is 2.31. The van der Waals surface area contributed by atoms with Gasteiger partial charge < -0.3 is 10.1 Å². The lowest BCUT2D eigenvalue weighted by Gasteiger charge is -2.16. The van der Waals surface area contributed by atoms with Crippen LogP contribution in [-0.4, -0.2) is 30.4 Å². The molecule has 3 rings (SSSR count). The number of carbonyl (C=O) groups is 2. The van der Waals surface area contributed by atoms with Crippen molar-refractivity contribution >= 4 is 23.2 Å². The Morgan fingerprint density at radius 3 is 2.48 bits per heavy atom. The molecule has 1 aliphatic heterocycles. The minimum absolute atomic E-state index is 0.0386. The first-order chi connectivity index (χ1) is 13.8. The number of imide groups is 1. The Kier molecular flexibility index (Phi) is 5.59. The van der Waals surface area contributed by atoms with E-state index in [4.69, 9.17) is 11.3 Å². The van der Waals surface area contributed by atoms with Crippen molar-refractivity contribution in [2.45, 2.75) is 13.3 Å². The second kappa shape index (κ2) is 8.10. The molecular weight excluding hydrogens is 380 g/mol. The third-order valence-electron chi connectivity index (χ3n) is 4.56. The Morgan fingerprint density at radius 2 is 1.86 bits per heavy atom. The van der Waals surface area contributed by atoms with Gasteiger partial charge in [0.25, 0.3) is 11.8 Å². The molecule has 0 radical (unpaired) electrons. The highest BCUT2D eigenvalue weighted by atomic mass is 19.1. The smallest absolute Gasteiger partial charge is 0.277 e. The van der Waals surface area contributed by atoms with Gasteiger partial charge in [0.2, 0.25) is 5.69 Å². The predicted molar refractivity (Wildman–Crippen MR) is 102 cm³/mol. The molecule has 0 saturated carbocycles. The normalized spacial score (nSPS) is 13.3. The van der Waals surface area contributed by atoms with Gasteiger partial charge in [0.1, 0.15) is 23.1 Å². The number of carbonyl (C=O) groups excluding carboxylic acids is 2. The van der Waals surface area contributed by atoms with Gasteiger partial charge in [0.15, 0.2) is 0 Å². The number of ether oxygens (including phenoxy) is 1. The molecule has 6 nitrogen and oxygen atoms in total. The van der Waals surface area contributed by atoms with E-state index in [0.717, 1.165) is 28.7 Å². The van der Waals surface area contributed by atoms with Crippen molar-refractivity contribution in [1.29, 1.82) is 0 Å². The van der Waals surface area contributed by atoms with E-state index in [1.165, 1.54) is 14.0 Å². The summed E-state index contributed by atoms with van der Waals surface area (Å²) < 4.78 is 32.5. The second-order valence-corrected chi connectivity index (χ2v) is 6.41. The Hall–Kier alpha value is -3.73. The Balaban J connectivity index is 1.69. The van der Waals surface area contributed by atoms with Crippen LogP contribution in [0.4, 0.5) is 20.2 Å². The Labute approximate surface area is 166 Å². The molecule has 0 saturated heterocycles. The van der Waals surface area contributed by atoms with Gasteiger partial charge in [-0.15, -0.1) is 0 Å². The summed E-state index contributed by atoms with van der Waals surface area (Å²) in [6.45, 7) is 8.58. The third kappa shape index (κ3) is 4.09. The van der Waals surface area contributed by atoms with Crippen LogP contribution in [0.1, 0.15) is 11.1 Å². The molecule has 0 fully saturated rings. The lowest BCUT2D eigenvalue weighted by atomic mass is 10.1. The minimum atomic E-state index is -0.753. The van der Waals surface area contributed by atoms with Gasteiger partial charge in [-0.05, 0) is 37.6 Å². The maximum Gasteiger partial charge on any atom is 0.277 e. The third-order valence-corrected chi connectivity index (χ3v) is 4.56. The lowest BCUT2D eigenvalue weighted by Crippen LogP contribution is -2.33. The van der Waals surface area contributed by atoms with E-state index in [2.05, 4.69) is 10.2 Å². The summed E-state index contributed by atoms with van der Waals surface area (Å²) in [5, 5.41) is 2.60. The van der Waals surface area contributed by atoms with E-state index in [0.29, 0.717) is 17.9 Å². The van der Waals surface area contributed by atoms with Gasteiger partial charge >= 0.3 is 0 Å². The van der Waals surface area contributed by atoms with Gasteiger partial charge in [-0.25, -0.2) is 13.6 Å². The molecule has 1 heterocycles. The fourth-order valence-corrected chi connectivity index (χ4v) is 2.90. The number of rotatable bonds is 6. The highest BCUT2D eigenvalue weighted by molar-refractivity contribution is 6.17. The van der Waals surface area contributed by atoms with Crippen molar-refractivity contribution in [3.05, 3.63) is 76.3 Å². The summed E-state index contributed by atoms with van der Waals surface area (Å²) in [7, 11) is 1.47. The van der Waals surface area contributed by atoms with E-state index in [1.807, 2.05) is 0 Å². The van der Waals surface area contributed by atoms with Crippen LogP contribution >= 0.6 is 0 Å². The van der Waals surface area contributed by atoms with Crippen molar-refractivity contribution in [1.82, 2.24) is 4.90 Å². The van der Waals surface area contributed by atoms with Gasteiger partial charge in [0.05, 0.1) is 13.7 Å². The standard InChI is InChI=1S/C21H17F2N3O3/c1-12-15(22)9-14(10-16(12)23)25-18-11-20(27)26(21(18)28)7-6-13-4-5-19(29-3)17(8-13)24-2/h4-5,8-11,25H,6-7H2,1,3H3. The maximum absolute atomic E-state index is 13.7. The summed E-state index contributed by atoms with van der Waals surface area (Å²) in [6, 6.07) is 7.16. The number of amides is 2. The SMILES string of the molecule is [C-]#[N+]c1cc(CCN2C(=O)C=C(Nc3cc(F)c(C)c(F)c3)C2=O)ccc1OC. The van der Waals surface area contributed by atoms with Gasteiger partial charge in [-0.1, -0.05) is 11.6 Å². The van der Waals surface area contributed by atoms with Crippen LogP contribution < -0.4 is 10.1 Å². The zero-order valence-corrected chi connectivity index (χ0v) is 15.8. The Bertz CT molecular complexity index is 1050. The van der Waals surface area contributed by atoms with Crippen molar-refractivity contribution in [3.8, 4) is 5.75 Å². The molecule has 8 heteroatoms. The van der Waals surface area contributed by atoms with Crippen LogP contribution in [0.25, 0.3) is 4.85 Å². The van der Waals surface area contributed by atoms with Crippen molar-refractivity contribution < 1.29 is 23.1 Å².